The number of carbonyl (C=O) groups excluding carboxylic acids is 2. The number of nitrogens with one attached hydrogen (secondary N) is 2. The van der Waals surface area contributed by atoms with E-state index in [1.807, 2.05) is 23.6 Å². The van der Waals surface area contributed by atoms with E-state index in [1.165, 1.54) is 24.5 Å². The first-order chi connectivity index (χ1) is 27.1. The van der Waals surface area contributed by atoms with Gasteiger partial charge in [-0.2, -0.15) is 26.3 Å². The SMILES string of the molecule is C[C@H]1C[C@@H](NC(=O)[C@@H](N)C(F)(F)F)CN(c2ccc(C(F)F)c3ncccc23)C1.C[C@H]1C[C@@H](NC(=O)[C@H](N)C(F)(F)F)CN(c2ccc(C(F)F)c3ncccc23)C1. The van der Waals surface area contributed by atoms with Gasteiger partial charge in [-0.1, -0.05) is 13.8 Å². The van der Waals surface area contributed by atoms with Crippen LogP contribution in [0.15, 0.2) is 60.9 Å². The number of aromatic nitrogens is 2. The van der Waals surface area contributed by atoms with Crippen molar-refractivity contribution >= 4 is 45.0 Å². The van der Waals surface area contributed by atoms with Crippen molar-refractivity contribution in [1.29, 1.82) is 0 Å². The van der Waals surface area contributed by atoms with Gasteiger partial charge in [-0.15, -0.1) is 0 Å². The summed E-state index contributed by atoms with van der Waals surface area (Å²) < 4.78 is 129. The van der Waals surface area contributed by atoms with Crippen LogP contribution in [0, 0.1) is 11.8 Å². The van der Waals surface area contributed by atoms with Gasteiger partial charge in [-0.05, 0) is 73.2 Å². The summed E-state index contributed by atoms with van der Waals surface area (Å²) in [7, 11) is 0. The quantitative estimate of drug-likeness (QED) is 0.142. The molecule has 6 rings (SSSR count). The monoisotopic (exact) mass is 832 g/mol. The number of amides is 2. The Labute approximate surface area is 326 Å². The van der Waals surface area contributed by atoms with E-state index in [-0.39, 0.29) is 47.1 Å². The first kappa shape index (κ1) is 44.1. The maximum absolute atomic E-state index is 13.3. The predicted octanol–water partition coefficient (Wildman–Crippen LogP) is 6.79. The highest BCUT2D eigenvalue weighted by Crippen LogP contribution is 2.36. The summed E-state index contributed by atoms with van der Waals surface area (Å²) >= 11 is 0. The molecule has 2 aromatic carbocycles. The summed E-state index contributed by atoms with van der Waals surface area (Å²) in [5, 5.41) is 5.79. The van der Waals surface area contributed by atoms with E-state index in [0.717, 1.165) is 0 Å². The summed E-state index contributed by atoms with van der Waals surface area (Å²) in [4.78, 5) is 35.6. The predicted molar refractivity (Wildman–Crippen MR) is 197 cm³/mol. The minimum absolute atomic E-state index is 0.0534. The molecule has 2 amide bonds. The molecule has 0 unspecified atom stereocenters. The van der Waals surface area contributed by atoms with E-state index in [9.17, 15) is 53.5 Å². The van der Waals surface area contributed by atoms with Crippen LogP contribution in [0.5, 0.6) is 0 Å². The van der Waals surface area contributed by atoms with Crippen molar-refractivity contribution in [2.45, 2.75) is 76.1 Å². The molecule has 0 aliphatic carbocycles. The molecule has 2 aromatic heterocycles. The molecular weight excluding hydrogens is 790 g/mol. The molecule has 58 heavy (non-hydrogen) atoms. The van der Waals surface area contributed by atoms with Gasteiger partial charge in [0.15, 0.2) is 12.1 Å². The number of nitrogens with zero attached hydrogens (tertiary/aromatic N) is 4. The largest absolute Gasteiger partial charge is 0.412 e. The van der Waals surface area contributed by atoms with Crippen LogP contribution in [0.2, 0.25) is 0 Å². The number of piperidine rings is 2. The Morgan fingerprint density at radius 2 is 1.00 bits per heavy atom. The van der Waals surface area contributed by atoms with Crippen LogP contribution >= 0.6 is 0 Å². The lowest BCUT2D eigenvalue weighted by Crippen LogP contribution is -2.57. The summed E-state index contributed by atoms with van der Waals surface area (Å²) in [5.74, 6) is -2.46. The van der Waals surface area contributed by atoms with Crippen LogP contribution in [-0.2, 0) is 9.59 Å². The van der Waals surface area contributed by atoms with Gasteiger partial charge in [-0.25, -0.2) is 17.6 Å². The number of hydrogen-bond acceptors (Lipinski definition) is 8. The van der Waals surface area contributed by atoms with E-state index in [1.54, 1.807) is 36.4 Å². The number of rotatable bonds is 8. The van der Waals surface area contributed by atoms with Crippen molar-refractivity contribution in [3.63, 3.8) is 0 Å². The molecule has 0 bridgehead atoms. The summed E-state index contributed by atoms with van der Waals surface area (Å²) in [6.45, 7) is 5.41. The number of nitrogens with two attached hydrogens (primary N) is 2. The first-order valence-corrected chi connectivity index (χ1v) is 18.2. The second-order valence-electron chi connectivity index (χ2n) is 14.7. The van der Waals surface area contributed by atoms with E-state index >= 15 is 0 Å². The average Bonchev–Trinajstić information content (AvgIpc) is 3.15. The van der Waals surface area contributed by atoms with E-state index in [4.69, 9.17) is 11.5 Å². The third-order valence-corrected chi connectivity index (χ3v) is 9.99. The lowest BCUT2D eigenvalue weighted by Gasteiger charge is -2.39. The van der Waals surface area contributed by atoms with Crippen LogP contribution in [0.25, 0.3) is 21.8 Å². The number of halogens is 10. The Balaban J connectivity index is 0.000000221. The molecule has 2 aliphatic rings. The molecular formula is C38H42F10N8O2. The molecule has 0 spiro atoms. The number of alkyl halides is 10. The molecule has 316 valence electrons. The summed E-state index contributed by atoms with van der Waals surface area (Å²) in [6, 6.07) is 6.06. The lowest BCUT2D eigenvalue weighted by molar-refractivity contribution is -0.164. The third kappa shape index (κ3) is 10.4. The minimum Gasteiger partial charge on any atom is -0.369 e. The van der Waals surface area contributed by atoms with Crippen LogP contribution < -0.4 is 31.9 Å². The topological polar surface area (TPSA) is 142 Å². The maximum atomic E-state index is 13.3. The van der Waals surface area contributed by atoms with Gasteiger partial charge in [-0.3, -0.25) is 19.6 Å². The van der Waals surface area contributed by atoms with Crippen LogP contribution in [-0.4, -0.2) is 84.5 Å². The molecule has 6 atom stereocenters. The van der Waals surface area contributed by atoms with Crippen LogP contribution in [0.4, 0.5) is 55.3 Å². The zero-order chi connectivity index (χ0) is 42.7. The number of pyridine rings is 2. The second kappa shape index (κ2) is 17.9. The number of fused-ring (bicyclic) bond motifs is 2. The van der Waals surface area contributed by atoms with E-state index in [2.05, 4.69) is 20.6 Å². The average molecular weight is 833 g/mol. The normalized spacial score (nSPS) is 21.4. The van der Waals surface area contributed by atoms with Crippen molar-refractivity contribution in [2.24, 2.45) is 23.3 Å². The second-order valence-corrected chi connectivity index (χ2v) is 14.7. The van der Waals surface area contributed by atoms with Gasteiger partial charge in [0.2, 0.25) is 11.8 Å². The smallest absolute Gasteiger partial charge is 0.369 e. The van der Waals surface area contributed by atoms with Crippen molar-refractivity contribution in [2.75, 3.05) is 36.0 Å². The Morgan fingerprint density at radius 1 is 0.638 bits per heavy atom. The Morgan fingerprint density at radius 3 is 1.33 bits per heavy atom. The van der Waals surface area contributed by atoms with Crippen molar-refractivity contribution in [1.82, 2.24) is 20.6 Å². The number of anilines is 2. The molecule has 4 heterocycles. The minimum atomic E-state index is -4.82. The zero-order valence-corrected chi connectivity index (χ0v) is 31.2. The maximum Gasteiger partial charge on any atom is 0.412 e. The third-order valence-electron chi connectivity index (χ3n) is 9.99. The fourth-order valence-corrected chi connectivity index (χ4v) is 7.45. The summed E-state index contributed by atoms with van der Waals surface area (Å²) in [5.41, 5.74) is 11.2. The molecule has 10 nitrogen and oxygen atoms in total. The van der Waals surface area contributed by atoms with Crippen molar-refractivity contribution in [3.05, 3.63) is 72.1 Å². The Kier molecular flexibility index (Phi) is 13.6. The molecule has 20 heteroatoms. The van der Waals surface area contributed by atoms with E-state index in [0.29, 0.717) is 48.1 Å². The van der Waals surface area contributed by atoms with Gasteiger partial charge in [0.05, 0.1) is 11.0 Å². The molecule has 6 N–H and O–H groups in total. The van der Waals surface area contributed by atoms with Gasteiger partial charge in [0, 0.05) is 83.9 Å². The van der Waals surface area contributed by atoms with Gasteiger partial charge in [0.1, 0.15) is 0 Å². The van der Waals surface area contributed by atoms with Crippen LogP contribution in [0.1, 0.15) is 50.7 Å². The van der Waals surface area contributed by atoms with Crippen LogP contribution in [0.3, 0.4) is 0 Å². The highest BCUT2D eigenvalue weighted by Gasteiger charge is 2.44. The highest BCUT2D eigenvalue weighted by molar-refractivity contribution is 5.95. The molecule has 4 aromatic rings. The molecule has 2 aliphatic heterocycles. The lowest BCUT2D eigenvalue weighted by atomic mass is 9.94. The van der Waals surface area contributed by atoms with Gasteiger partial charge >= 0.3 is 12.4 Å². The number of benzene rings is 2. The van der Waals surface area contributed by atoms with E-state index < -0.39 is 61.2 Å². The van der Waals surface area contributed by atoms with Crippen molar-refractivity contribution < 1.29 is 53.5 Å². The molecule has 2 saturated heterocycles. The Bertz CT molecular complexity index is 1920. The summed E-state index contributed by atoms with van der Waals surface area (Å²) in [6.07, 6.45) is -11.2. The fraction of sp³-hybridized carbons (Fsp3) is 0.474. The Hall–Kier alpha value is -4.98. The van der Waals surface area contributed by atoms with Gasteiger partial charge < -0.3 is 31.9 Å². The standard InChI is InChI=1S/2C19H21F5N4O/c2*1-10-7-11(27-18(29)16(25)19(22,23)24)9-28(8-10)14-5-4-13(17(20)21)15-12(14)3-2-6-26-15/h2*2-6,10-11,16-17H,7-9,25H2,1H3,(H,27,29)/t10-,11+,16+;10-,11+,16-/m00/s1. The van der Waals surface area contributed by atoms with Crippen molar-refractivity contribution in [3.8, 4) is 0 Å². The fourth-order valence-electron chi connectivity index (χ4n) is 7.45. The molecule has 0 saturated carbocycles. The molecule has 0 radical (unpaired) electrons. The highest BCUT2D eigenvalue weighted by atomic mass is 19.4. The first-order valence-electron chi connectivity index (χ1n) is 18.2. The molecule has 2 fully saturated rings. The number of carbonyl (C=O) groups is 2. The zero-order valence-electron chi connectivity index (χ0n) is 31.2. The van der Waals surface area contributed by atoms with Gasteiger partial charge in [0.25, 0.3) is 12.9 Å². The number of hydrogen-bond donors (Lipinski definition) is 4.